The monoisotopic (exact) mass is 311 g/mol. The second-order valence-electron chi connectivity index (χ2n) is 4.95. The number of piperidine rings is 1. The number of hydrogen-bond acceptors (Lipinski definition) is 3. The molecular weight excluding hydrogens is 294 g/mol. The van der Waals surface area contributed by atoms with E-state index in [-0.39, 0.29) is 11.9 Å². The van der Waals surface area contributed by atoms with E-state index in [0.29, 0.717) is 21.8 Å². The molecule has 1 aromatic heterocycles. The Morgan fingerprint density at radius 1 is 1.56 bits per heavy atom. The van der Waals surface area contributed by atoms with Crippen molar-refractivity contribution in [3.8, 4) is 0 Å². The second-order valence-corrected chi connectivity index (χ2v) is 5.80. The summed E-state index contributed by atoms with van der Waals surface area (Å²) in [7, 11) is 0. The molecule has 5 heteroatoms. The first-order chi connectivity index (χ1) is 8.50. The van der Waals surface area contributed by atoms with Gasteiger partial charge in [0.25, 0.3) is 5.91 Å². The van der Waals surface area contributed by atoms with E-state index in [1.165, 1.54) is 6.42 Å². The Bertz CT molecular complexity index is 464. The number of carbonyl (C=O) groups is 1. The molecule has 98 valence electrons. The minimum Gasteiger partial charge on any atom is -0.384 e. The lowest BCUT2D eigenvalue weighted by atomic mass is 9.91. The van der Waals surface area contributed by atoms with Gasteiger partial charge in [0.2, 0.25) is 0 Å². The van der Waals surface area contributed by atoms with Gasteiger partial charge in [-0.15, -0.1) is 0 Å². The van der Waals surface area contributed by atoms with Crippen molar-refractivity contribution in [3.63, 3.8) is 0 Å². The van der Waals surface area contributed by atoms with Crippen LogP contribution in [0.2, 0.25) is 0 Å². The summed E-state index contributed by atoms with van der Waals surface area (Å²) in [4.78, 5) is 18.4. The molecule has 2 unspecified atom stereocenters. The summed E-state index contributed by atoms with van der Waals surface area (Å²) in [6, 6.07) is 1.91. The van der Waals surface area contributed by atoms with Crippen LogP contribution in [0.1, 0.15) is 37.0 Å². The Labute approximate surface area is 116 Å². The molecule has 0 radical (unpaired) electrons. The smallest absolute Gasteiger partial charge is 0.255 e. The number of carbonyl (C=O) groups excluding carboxylic acids is 1. The summed E-state index contributed by atoms with van der Waals surface area (Å²) >= 11 is 3.37. The predicted molar refractivity (Wildman–Crippen MR) is 75.2 cm³/mol. The van der Waals surface area contributed by atoms with Crippen molar-refractivity contribution in [1.82, 2.24) is 9.88 Å². The van der Waals surface area contributed by atoms with Gasteiger partial charge in [0.1, 0.15) is 5.82 Å². The summed E-state index contributed by atoms with van der Waals surface area (Å²) in [5.74, 6) is 0.954. The molecule has 4 nitrogen and oxygen atoms in total. The highest BCUT2D eigenvalue weighted by Gasteiger charge is 2.29. The Kier molecular flexibility index (Phi) is 3.90. The van der Waals surface area contributed by atoms with Gasteiger partial charge in [0, 0.05) is 23.3 Å². The molecule has 0 aromatic carbocycles. The Morgan fingerprint density at radius 2 is 2.28 bits per heavy atom. The zero-order chi connectivity index (χ0) is 13.3. The van der Waals surface area contributed by atoms with Crippen LogP contribution in [0.4, 0.5) is 5.82 Å². The third-order valence-electron chi connectivity index (χ3n) is 3.74. The maximum atomic E-state index is 12.5. The fourth-order valence-electron chi connectivity index (χ4n) is 2.40. The van der Waals surface area contributed by atoms with Crippen LogP contribution in [0.15, 0.2) is 16.7 Å². The number of amides is 1. The van der Waals surface area contributed by atoms with Crippen LogP contribution >= 0.6 is 15.9 Å². The van der Waals surface area contributed by atoms with Crippen LogP contribution in [-0.2, 0) is 0 Å². The van der Waals surface area contributed by atoms with Crippen molar-refractivity contribution in [2.75, 3.05) is 12.3 Å². The first kappa shape index (κ1) is 13.3. The normalized spacial score (nSPS) is 24.1. The van der Waals surface area contributed by atoms with Crippen LogP contribution in [0.25, 0.3) is 0 Å². The number of nitrogens with two attached hydrogens (primary N) is 1. The number of anilines is 1. The van der Waals surface area contributed by atoms with Gasteiger partial charge in [0.05, 0.1) is 5.56 Å². The average molecular weight is 312 g/mol. The molecule has 18 heavy (non-hydrogen) atoms. The van der Waals surface area contributed by atoms with Gasteiger partial charge in [0.15, 0.2) is 0 Å². The molecule has 0 spiro atoms. The van der Waals surface area contributed by atoms with Crippen LogP contribution in [-0.4, -0.2) is 28.4 Å². The number of pyridine rings is 1. The quantitative estimate of drug-likeness (QED) is 0.867. The number of hydrogen-bond donors (Lipinski definition) is 1. The molecule has 0 bridgehead atoms. The first-order valence-corrected chi connectivity index (χ1v) is 7.02. The zero-order valence-corrected chi connectivity index (χ0v) is 12.3. The average Bonchev–Trinajstić information content (AvgIpc) is 2.35. The van der Waals surface area contributed by atoms with Crippen molar-refractivity contribution < 1.29 is 4.79 Å². The number of halogens is 1. The molecule has 2 rings (SSSR count). The molecule has 1 aromatic rings. The third kappa shape index (κ3) is 2.51. The van der Waals surface area contributed by atoms with Crippen molar-refractivity contribution in [1.29, 1.82) is 0 Å². The molecule has 2 N–H and O–H groups in total. The fraction of sp³-hybridized carbons (Fsp3) is 0.538. The summed E-state index contributed by atoms with van der Waals surface area (Å²) in [5, 5.41) is 0. The second kappa shape index (κ2) is 5.26. The number of aromatic nitrogens is 1. The summed E-state index contributed by atoms with van der Waals surface area (Å²) in [5.41, 5.74) is 6.25. The minimum atomic E-state index is 0.0371. The highest BCUT2D eigenvalue weighted by molar-refractivity contribution is 9.10. The molecule has 2 heterocycles. The lowest BCUT2D eigenvalue weighted by Crippen LogP contribution is -2.46. The van der Waals surface area contributed by atoms with Crippen molar-refractivity contribution in [3.05, 3.63) is 22.3 Å². The predicted octanol–water partition coefficient (Wildman–Crippen LogP) is 2.69. The van der Waals surface area contributed by atoms with Crippen LogP contribution in [0.3, 0.4) is 0 Å². The Morgan fingerprint density at radius 3 is 3.00 bits per heavy atom. The topological polar surface area (TPSA) is 59.2 Å². The number of rotatable bonds is 1. The number of nitrogen functional groups attached to an aromatic ring is 1. The van der Waals surface area contributed by atoms with Gasteiger partial charge < -0.3 is 10.6 Å². The van der Waals surface area contributed by atoms with E-state index in [0.717, 1.165) is 13.0 Å². The molecule has 1 saturated heterocycles. The highest BCUT2D eigenvalue weighted by atomic mass is 79.9. The zero-order valence-electron chi connectivity index (χ0n) is 10.7. The van der Waals surface area contributed by atoms with Gasteiger partial charge in [-0.2, -0.15) is 0 Å². The standard InChI is InChI=1S/C13H18BrN3O/c1-8-4-3-5-17(9(8)2)13(18)10-6-12(15)16-7-11(10)14/h6-9H,3-5H2,1-2H3,(H2,15,16). The first-order valence-electron chi connectivity index (χ1n) is 6.22. The largest absolute Gasteiger partial charge is 0.384 e. The lowest BCUT2D eigenvalue weighted by molar-refractivity contribution is 0.0550. The van der Waals surface area contributed by atoms with E-state index >= 15 is 0 Å². The molecule has 1 aliphatic rings. The summed E-state index contributed by atoms with van der Waals surface area (Å²) in [6.45, 7) is 5.12. The summed E-state index contributed by atoms with van der Waals surface area (Å²) < 4.78 is 0.701. The van der Waals surface area contributed by atoms with Gasteiger partial charge in [-0.25, -0.2) is 4.98 Å². The third-order valence-corrected chi connectivity index (χ3v) is 4.37. The summed E-state index contributed by atoms with van der Waals surface area (Å²) in [6.07, 6.45) is 3.83. The molecule has 1 aliphatic heterocycles. The molecular formula is C13H18BrN3O. The molecule has 0 saturated carbocycles. The fourth-order valence-corrected chi connectivity index (χ4v) is 2.78. The maximum absolute atomic E-state index is 12.5. The van der Waals surface area contributed by atoms with E-state index < -0.39 is 0 Å². The van der Waals surface area contributed by atoms with E-state index in [2.05, 4.69) is 34.8 Å². The van der Waals surface area contributed by atoms with Crippen molar-refractivity contribution in [2.24, 2.45) is 5.92 Å². The van der Waals surface area contributed by atoms with Crippen LogP contribution < -0.4 is 5.73 Å². The maximum Gasteiger partial charge on any atom is 0.255 e. The SMILES string of the molecule is CC1CCCN(C(=O)c2cc(N)ncc2Br)C1C. The van der Waals surface area contributed by atoms with Crippen LogP contribution in [0, 0.1) is 5.92 Å². The van der Waals surface area contributed by atoms with E-state index in [1.54, 1.807) is 12.3 Å². The van der Waals surface area contributed by atoms with Gasteiger partial charge in [-0.1, -0.05) is 6.92 Å². The van der Waals surface area contributed by atoms with Gasteiger partial charge in [-0.05, 0) is 47.7 Å². The molecule has 1 fully saturated rings. The van der Waals surface area contributed by atoms with Gasteiger partial charge in [-0.3, -0.25) is 4.79 Å². The molecule has 1 amide bonds. The van der Waals surface area contributed by atoms with E-state index in [9.17, 15) is 4.79 Å². The Hall–Kier alpha value is -1.10. The van der Waals surface area contributed by atoms with Crippen molar-refractivity contribution in [2.45, 2.75) is 32.7 Å². The van der Waals surface area contributed by atoms with Crippen LogP contribution in [0.5, 0.6) is 0 Å². The highest BCUT2D eigenvalue weighted by Crippen LogP contribution is 2.27. The lowest BCUT2D eigenvalue weighted by Gasteiger charge is -2.38. The van der Waals surface area contributed by atoms with E-state index in [4.69, 9.17) is 5.73 Å². The minimum absolute atomic E-state index is 0.0371. The molecule has 0 aliphatic carbocycles. The van der Waals surface area contributed by atoms with Gasteiger partial charge >= 0.3 is 0 Å². The number of likely N-dealkylation sites (tertiary alicyclic amines) is 1. The molecule has 2 atom stereocenters. The Balaban J connectivity index is 2.27. The van der Waals surface area contributed by atoms with E-state index in [1.807, 2.05) is 4.90 Å². The number of nitrogens with zero attached hydrogens (tertiary/aromatic N) is 2. The van der Waals surface area contributed by atoms with Crippen molar-refractivity contribution >= 4 is 27.7 Å².